The Labute approximate surface area is 129 Å². The normalized spacial score (nSPS) is 23.2. The fourth-order valence-electron chi connectivity index (χ4n) is 3.00. The average molecular weight is 300 g/mol. The SMILES string of the molecule is CC(C(=O)N1C[C@@H](N)[C@H](c2ccccc2)C1)c1ccsc1. The second-order valence-corrected chi connectivity index (χ2v) is 6.48. The number of carbonyl (C=O) groups excluding carboxylic acids is 1. The number of nitrogens with two attached hydrogens (primary N) is 1. The zero-order valence-electron chi connectivity index (χ0n) is 12.1. The Kier molecular flexibility index (Phi) is 4.08. The van der Waals surface area contributed by atoms with Crippen molar-refractivity contribution >= 4 is 17.2 Å². The molecule has 1 amide bonds. The molecule has 1 aliphatic rings. The van der Waals surface area contributed by atoms with E-state index >= 15 is 0 Å². The molecule has 2 heterocycles. The maximum Gasteiger partial charge on any atom is 0.229 e. The van der Waals surface area contributed by atoms with E-state index in [1.807, 2.05) is 46.8 Å². The van der Waals surface area contributed by atoms with Crippen LogP contribution in [-0.4, -0.2) is 29.9 Å². The number of thiophene rings is 1. The second kappa shape index (κ2) is 6.00. The van der Waals surface area contributed by atoms with Crippen molar-refractivity contribution in [3.63, 3.8) is 0 Å². The summed E-state index contributed by atoms with van der Waals surface area (Å²) in [4.78, 5) is 14.6. The van der Waals surface area contributed by atoms with Crippen molar-refractivity contribution in [3.8, 4) is 0 Å². The molecule has 2 N–H and O–H groups in total. The van der Waals surface area contributed by atoms with Gasteiger partial charge in [-0.1, -0.05) is 30.3 Å². The van der Waals surface area contributed by atoms with Crippen LogP contribution in [0, 0.1) is 0 Å². The summed E-state index contributed by atoms with van der Waals surface area (Å²) in [6.07, 6.45) is 0. The molecule has 0 radical (unpaired) electrons. The Bertz CT molecular complexity index is 597. The molecular weight excluding hydrogens is 280 g/mol. The summed E-state index contributed by atoms with van der Waals surface area (Å²) in [7, 11) is 0. The van der Waals surface area contributed by atoms with Gasteiger partial charge in [0.15, 0.2) is 0 Å². The summed E-state index contributed by atoms with van der Waals surface area (Å²) in [6.45, 7) is 3.34. The Hall–Kier alpha value is -1.65. The highest BCUT2D eigenvalue weighted by atomic mass is 32.1. The van der Waals surface area contributed by atoms with Gasteiger partial charge in [0, 0.05) is 25.0 Å². The van der Waals surface area contributed by atoms with Crippen LogP contribution in [0.15, 0.2) is 47.2 Å². The minimum atomic E-state index is -0.0852. The third-order valence-electron chi connectivity index (χ3n) is 4.32. The molecule has 3 nitrogen and oxygen atoms in total. The number of carbonyl (C=O) groups is 1. The van der Waals surface area contributed by atoms with Crippen LogP contribution in [-0.2, 0) is 4.79 Å². The van der Waals surface area contributed by atoms with Crippen molar-refractivity contribution in [1.82, 2.24) is 4.90 Å². The van der Waals surface area contributed by atoms with Gasteiger partial charge < -0.3 is 10.6 Å². The first-order valence-electron chi connectivity index (χ1n) is 7.28. The van der Waals surface area contributed by atoms with Gasteiger partial charge in [-0.15, -0.1) is 0 Å². The van der Waals surface area contributed by atoms with E-state index in [-0.39, 0.29) is 23.8 Å². The lowest BCUT2D eigenvalue weighted by molar-refractivity contribution is -0.131. The van der Waals surface area contributed by atoms with Crippen molar-refractivity contribution in [2.24, 2.45) is 5.73 Å². The van der Waals surface area contributed by atoms with Crippen LogP contribution in [0.1, 0.15) is 29.9 Å². The second-order valence-electron chi connectivity index (χ2n) is 5.70. The van der Waals surface area contributed by atoms with Crippen LogP contribution < -0.4 is 5.73 Å². The van der Waals surface area contributed by atoms with E-state index in [0.29, 0.717) is 6.54 Å². The Balaban J connectivity index is 1.72. The maximum atomic E-state index is 12.6. The van der Waals surface area contributed by atoms with Crippen LogP contribution in [0.3, 0.4) is 0 Å². The van der Waals surface area contributed by atoms with E-state index in [4.69, 9.17) is 5.73 Å². The van der Waals surface area contributed by atoms with E-state index in [9.17, 15) is 4.79 Å². The lowest BCUT2D eigenvalue weighted by atomic mass is 9.95. The van der Waals surface area contributed by atoms with E-state index in [1.54, 1.807) is 11.3 Å². The lowest BCUT2D eigenvalue weighted by Crippen LogP contribution is -2.34. The molecule has 110 valence electrons. The van der Waals surface area contributed by atoms with Gasteiger partial charge in [-0.05, 0) is 34.9 Å². The van der Waals surface area contributed by atoms with Gasteiger partial charge in [-0.3, -0.25) is 4.79 Å². The summed E-state index contributed by atoms with van der Waals surface area (Å²) in [5.41, 5.74) is 8.59. The molecule has 3 rings (SSSR count). The number of nitrogens with zero attached hydrogens (tertiary/aromatic N) is 1. The molecule has 3 atom stereocenters. The standard InChI is InChI=1S/C17H20N2OS/c1-12(14-7-8-21-11-14)17(20)19-9-15(16(18)10-19)13-5-3-2-4-6-13/h2-8,11-12,15-16H,9-10,18H2,1H3/t12?,15-,16+/m0/s1. The first-order valence-corrected chi connectivity index (χ1v) is 8.22. The smallest absolute Gasteiger partial charge is 0.229 e. The van der Waals surface area contributed by atoms with Crippen molar-refractivity contribution in [1.29, 1.82) is 0 Å². The molecule has 1 fully saturated rings. The van der Waals surface area contributed by atoms with Crippen LogP contribution >= 0.6 is 11.3 Å². The molecular formula is C17H20N2OS. The van der Waals surface area contributed by atoms with Crippen LogP contribution in [0.4, 0.5) is 0 Å². The fourth-order valence-corrected chi connectivity index (χ4v) is 3.75. The van der Waals surface area contributed by atoms with Crippen LogP contribution in [0.2, 0.25) is 0 Å². The number of amides is 1. The number of benzene rings is 1. The van der Waals surface area contributed by atoms with Crippen molar-refractivity contribution in [2.75, 3.05) is 13.1 Å². The van der Waals surface area contributed by atoms with Crippen molar-refractivity contribution in [3.05, 3.63) is 58.3 Å². The molecule has 1 aromatic carbocycles. The van der Waals surface area contributed by atoms with Crippen molar-refractivity contribution in [2.45, 2.75) is 24.8 Å². The molecule has 0 bridgehead atoms. The van der Waals surface area contributed by atoms with Crippen LogP contribution in [0.25, 0.3) is 0 Å². The van der Waals surface area contributed by atoms with E-state index in [1.165, 1.54) is 5.56 Å². The molecule has 1 saturated heterocycles. The van der Waals surface area contributed by atoms with E-state index in [0.717, 1.165) is 12.1 Å². The summed E-state index contributed by atoms with van der Waals surface area (Å²) in [5, 5.41) is 4.06. The summed E-state index contributed by atoms with van der Waals surface area (Å²) < 4.78 is 0. The number of hydrogen-bond donors (Lipinski definition) is 1. The molecule has 0 saturated carbocycles. The van der Waals surface area contributed by atoms with Gasteiger partial charge >= 0.3 is 0 Å². The minimum absolute atomic E-state index is 0.0195. The number of likely N-dealkylation sites (tertiary alicyclic amines) is 1. The number of hydrogen-bond acceptors (Lipinski definition) is 3. The van der Waals surface area contributed by atoms with Gasteiger partial charge in [0.05, 0.1) is 5.92 Å². The largest absolute Gasteiger partial charge is 0.340 e. The third-order valence-corrected chi connectivity index (χ3v) is 5.02. The zero-order valence-corrected chi connectivity index (χ0v) is 12.9. The quantitative estimate of drug-likeness (QED) is 0.947. The highest BCUT2D eigenvalue weighted by Gasteiger charge is 2.35. The monoisotopic (exact) mass is 300 g/mol. The van der Waals surface area contributed by atoms with Gasteiger partial charge in [0.1, 0.15) is 0 Å². The lowest BCUT2D eigenvalue weighted by Gasteiger charge is -2.20. The number of rotatable bonds is 3. The molecule has 1 aliphatic heterocycles. The topological polar surface area (TPSA) is 46.3 Å². The predicted molar refractivity (Wildman–Crippen MR) is 86.5 cm³/mol. The predicted octanol–water partition coefficient (Wildman–Crippen LogP) is 2.80. The third kappa shape index (κ3) is 2.87. The Morgan fingerprint density at radius 2 is 2.05 bits per heavy atom. The van der Waals surface area contributed by atoms with E-state index in [2.05, 4.69) is 12.1 Å². The van der Waals surface area contributed by atoms with Gasteiger partial charge in [-0.25, -0.2) is 0 Å². The molecule has 21 heavy (non-hydrogen) atoms. The van der Waals surface area contributed by atoms with Gasteiger partial charge in [0.2, 0.25) is 5.91 Å². The summed E-state index contributed by atoms with van der Waals surface area (Å²) >= 11 is 1.63. The maximum absolute atomic E-state index is 12.6. The first-order chi connectivity index (χ1) is 10.2. The molecule has 4 heteroatoms. The Morgan fingerprint density at radius 3 is 2.71 bits per heavy atom. The van der Waals surface area contributed by atoms with E-state index < -0.39 is 0 Å². The Morgan fingerprint density at radius 1 is 1.29 bits per heavy atom. The molecule has 0 spiro atoms. The van der Waals surface area contributed by atoms with Gasteiger partial charge in [0.25, 0.3) is 0 Å². The van der Waals surface area contributed by atoms with Crippen LogP contribution in [0.5, 0.6) is 0 Å². The minimum Gasteiger partial charge on any atom is -0.340 e. The summed E-state index contributed by atoms with van der Waals surface area (Å²) in [6, 6.07) is 12.3. The highest BCUT2D eigenvalue weighted by Crippen LogP contribution is 2.29. The summed E-state index contributed by atoms with van der Waals surface area (Å²) in [5.74, 6) is 0.338. The van der Waals surface area contributed by atoms with Gasteiger partial charge in [-0.2, -0.15) is 11.3 Å². The zero-order chi connectivity index (χ0) is 14.8. The molecule has 1 unspecified atom stereocenters. The fraction of sp³-hybridized carbons (Fsp3) is 0.353. The highest BCUT2D eigenvalue weighted by molar-refractivity contribution is 7.08. The average Bonchev–Trinajstić information content (AvgIpc) is 3.16. The van der Waals surface area contributed by atoms with Crippen molar-refractivity contribution < 1.29 is 4.79 Å². The molecule has 1 aromatic heterocycles. The molecule has 0 aliphatic carbocycles. The molecule has 2 aromatic rings. The first kappa shape index (κ1) is 14.3.